The topological polar surface area (TPSA) is 66.0 Å². The maximum absolute atomic E-state index is 6.39. The summed E-state index contributed by atoms with van der Waals surface area (Å²) in [5, 5.41) is 4.36. The lowest BCUT2D eigenvalue weighted by Gasteiger charge is -2.16. The monoisotopic (exact) mass is 280 g/mol. The highest BCUT2D eigenvalue weighted by Gasteiger charge is 2.19. The van der Waals surface area contributed by atoms with Crippen LogP contribution in [0.4, 0.5) is 0 Å². The lowest BCUT2D eigenvalue weighted by Crippen LogP contribution is -2.18. The third-order valence-electron chi connectivity index (χ3n) is 3.32. The van der Waals surface area contributed by atoms with Crippen molar-refractivity contribution in [3.8, 4) is 11.6 Å². The minimum absolute atomic E-state index is 0.364. The van der Waals surface area contributed by atoms with E-state index in [4.69, 9.17) is 10.5 Å². The number of nitrogens with zero attached hydrogens (tertiary/aromatic N) is 3. The molecule has 1 aromatic carbocycles. The number of benzene rings is 1. The van der Waals surface area contributed by atoms with Crippen LogP contribution in [0, 0.1) is 0 Å². The fourth-order valence-corrected chi connectivity index (χ4v) is 2.30. The lowest BCUT2D eigenvalue weighted by molar-refractivity contribution is 0.390. The Morgan fingerprint density at radius 3 is 2.62 bits per heavy atom. The zero-order chi connectivity index (χ0) is 14.7. The molecule has 3 aromatic rings. The summed E-state index contributed by atoms with van der Waals surface area (Å²) in [6, 6.07) is 15.2. The standard InChI is InChI=1S/C16H16N4O/c1-21-16-13(8-5-10-18-16)15(17)14-9-11-19-20(14)12-6-3-2-4-7-12/h2-11,15H,17H2,1H3. The van der Waals surface area contributed by atoms with E-state index >= 15 is 0 Å². The first-order valence-electron chi connectivity index (χ1n) is 6.65. The molecule has 3 rings (SSSR count). The average molecular weight is 280 g/mol. The third kappa shape index (κ3) is 2.51. The van der Waals surface area contributed by atoms with Gasteiger partial charge in [-0.3, -0.25) is 0 Å². The van der Waals surface area contributed by atoms with Crippen molar-refractivity contribution in [1.82, 2.24) is 14.8 Å². The van der Waals surface area contributed by atoms with Gasteiger partial charge < -0.3 is 10.5 Å². The summed E-state index contributed by atoms with van der Waals surface area (Å²) in [4.78, 5) is 4.20. The van der Waals surface area contributed by atoms with Gasteiger partial charge in [0, 0.05) is 18.0 Å². The summed E-state index contributed by atoms with van der Waals surface area (Å²) < 4.78 is 7.12. The highest BCUT2D eigenvalue weighted by atomic mass is 16.5. The first-order chi connectivity index (χ1) is 10.3. The first kappa shape index (κ1) is 13.3. The van der Waals surface area contributed by atoms with E-state index in [1.165, 1.54) is 0 Å². The quantitative estimate of drug-likeness (QED) is 0.796. The third-order valence-corrected chi connectivity index (χ3v) is 3.32. The van der Waals surface area contributed by atoms with Crippen molar-refractivity contribution in [1.29, 1.82) is 0 Å². The number of aromatic nitrogens is 3. The molecule has 0 saturated heterocycles. The maximum Gasteiger partial charge on any atom is 0.218 e. The van der Waals surface area contributed by atoms with E-state index < -0.39 is 0 Å². The molecule has 0 bridgehead atoms. The van der Waals surface area contributed by atoms with Gasteiger partial charge in [0.15, 0.2) is 0 Å². The molecule has 0 radical (unpaired) electrons. The Morgan fingerprint density at radius 2 is 1.86 bits per heavy atom. The molecule has 0 aliphatic rings. The normalized spacial score (nSPS) is 12.1. The zero-order valence-corrected chi connectivity index (χ0v) is 11.7. The van der Waals surface area contributed by atoms with Crippen LogP contribution >= 0.6 is 0 Å². The van der Waals surface area contributed by atoms with Crippen LogP contribution in [-0.2, 0) is 0 Å². The van der Waals surface area contributed by atoms with Crippen LogP contribution in [0.2, 0.25) is 0 Å². The van der Waals surface area contributed by atoms with Crippen molar-refractivity contribution < 1.29 is 4.74 Å². The highest BCUT2D eigenvalue weighted by Crippen LogP contribution is 2.27. The van der Waals surface area contributed by atoms with Gasteiger partial charge in [0.1, 0.15) is 0 Å². The van der Waals surface area contributed by atoms with Gasteiger partial charge in [-0.25, -0.2) is 9.67 Å². The number of rotatable bonds is 4. The number of ether oxygens (including phenoxy) is 1. The number of hydrogen-bond acceptors (Lipinski definition) is 4. The van der Waals surface area contributed by atoms with Gasteiger partial charge in [0.25, 0.3) is 0 Å². The molecule has 2 N–H and O–H groups in total. The average Bonchev–Trinajstić information content (AvgIpc) is 3.04. The van der Waals surface area contributed by atoms with Gasteiger partial charge in [-0.2, -0.15) is 5.10 Å². The lowest BCUT2D eigenvalue weighted by atomic mass is 10.1. The van der Waals surface area contributed by atoms with Crippen LogP contribution in [0.1, 0.15) is 17.3 Å². The molecule has 21 heavy (non-hydrogen) atoms. The molecule has 2 aromatic heterocycles. The van der Waals surface area contributed by atoms with Crippen molar-refractivity contribution in [2.75, 3.05) is 7.11 Å². The molecule has 0 spiro atoms. The molecule has 0 fully saturated rings. The van der Waals surface area contributed by atoms with Crippen LogP contribution in [0.25, 0.3) is 5.69 Å². The van der Waals surface area contributed by atoms with Crippen molar-refractivity contribution in [3.05, 3.63) is 72.2 Å². The van der Waals surface area contributed by atoms with Crippen molar-refractivity contribution >= 4 is 0 Å². The molecule has 5 nitrogen and oxygen atoms in total. The fourth-order valence-electron chi connectivity index (χ4n) is 2.30. The van der Waals surface area contributed by atoms with Crippen LogP contribution in [0.5, 0.6) is 5.88 Å². The largest absolute Gasteiger partial charge is 0.481 e. The van der Waals surface area contributed by atoms with E-state index in [2.05, 4.69) is 10.1 Å². The Hall–Kier alpha value is -2.66. The van der Waals surface area contributed by atoms with Gasteiger partial charge in [-0.15, -0.1) is 0 Å². The number of pyridine rings is 1. The molecule has 106 valence electrons. The Balaban J connectivity index is 2.04. The maximum atomic E-state index is 6.39. The molecule has 0 amide bonds. The summed E-state index contributed by atoms with van der Waals surface area (Å²) in [5.41, 5.74) is 9.08. The Kier molecular flexibility index (Phi) is 3.66. The Labute approximate surface area is 123 Å². The molecule has 0 aliphatic carbocycles. The predicted molar refractivity (Wildman–Crippen MR) is 80.4 cm³/mol. The summed E-state index contributed by atoms with van der Waals surface area (Å²) in [6.07, 6.45) is 3.43. The highest BCUT2D eigenvalue weighted by molar-refractivity contribution is 5.39. The smallest absolute Gasteiger partial charge is 0.218 e. The summed E-state index contributed by atoms with van der Waals surface area (Å²) >= 11 is 0. The second-order valence-corrected chi connectivity index (χ2v) is 4.58. The van der Waals surface area contributed by atoms with Crippen LogP contribution in [-0.4, -0.2) is 21.9 Å². The van der Waals surface area contributed by atoms with E-state index in [9.17, 15) is 0 Å². The van der Waals surface area contributed by atoms with Gasteiger partial charge >= 0.3 is 0 Å². The van der Waals surface area contributed by atoms with Gasteiger partial charge in [0.2, 0.25) is 5.88 Å². The Bertz CT molecular complexity index is 724. The summed E-state index contributed by atoms with van der Waals surface area (Å²) in [7, 11) is 1.59. The van der Waals surface area contributed by atoms with Gasteiger partial charge in [-0.1, -0.05) is 24.3 Å². The van der Waals surface area contributed by atoms with E-state index in [-0.39, 0.29) is 6.04 Å². The number of methoxy groups -OCH3 is 1. The number of hydrogen-bond donors (Lipinski definition) is 1. The SMILES string of the molecule is COc1ncccc1C(N)c1ccnn1-c1ccccc1. The van der Waals surface area contributed by atoms with Crippen LogP contribution < -0.4 is 10.5 Å². The molecule has 5 heteroatoms. The minimum atomic E-state index is -0.364. The molecular weight excluding hydrogens is 264 g/mol. The summed E-state index contributed by atoms with van der Waals surface area (Å²) in [5.74, 6) is 0.533. The van der Waals surface area contributed by atoms with Crippen molar-refractivity contribution in [2.45, 2.75) is 6.04 Å². The van der Waals surface area contributed by atoms with Gasteiger partial charge in [-0.05, 0) is 24.3 Å². The minimum Gasteiger partial charge on any atom is -0.481 e. The van der Waals surface area contributed by atoms with Crippen molar-refractivity contribution in [2.24, 2.45) is 5.73 Å². The van der Waals surface area contributed by atoms with Crippen LogP contribution in [0.15, 0.2) is 60.9 Å². The molecular formula is C16H16N4O. The van der Waals surface area contributed by atoms with E-state index in [0.29, 0.717) is 5.88 Å². The zero-order valence-electron chi connectivity index (χ0n) is 11.7. The summed E-state index contributed by atoms with van der Waals surface area (Å²) in [6.45, 7) is 0. The molecule has 0 aliphatic heterocycles. The molecule has 1 unspecified atom stereocenters. The van der Waals surface area contributed by atoms with E-state index in [1.54, 1.807) is 19.5 Å². The second-order valence-electron chi connectivity index (χ2n) is 4.58. The van der Waals surface area contributed by atoms with Gasteiger partial charge in [0.05, 0.1) is 24.5 Å². The molecule has 0 saturated carbocycles. The van der Waals surface area contributed by atoms with Crippen LogP contribution in [0.3, 0.4) is 0 Å². The fraction of sp³-hybridized carbons (Fsp3) is 0.125. The Morgan fingerprint density at radius 1 is 1.05 bits per heavy atom. The predicted octanol–water partition coefficient (Wildman–Crippen LogP) is 2.32. The molecule has 2 heterocycles. The first-order valence-corrected chi connectivity index (χ1v) is 6.65. The number of nitrogens with two attached hydrogens (primary N) is 1. The molecule has 1 atom stereocenters. The van der Waals surface area contributed by atoms with Crippen molar-refractivity contribution in [3.63, 3.8) is 0 Å². The van der Waals surface area contributed by atoms with E-state index in [0.717, 1.165) is 16.9 Å². The number of para-hydroxylation sites is 1. The second kappa shape index (κ2) is 5.76. The van der Waals surface area contributed by atoms with E-state index in [1.807, 2.05) is 53.2 Å².